The molecule has 1 aliphatic rings. The molecular weight excluding hydrogens is 196 g/mol. The first-order valence-electron chi connectivity index (χ1n) is 5.13. The summed E-state index contributed by atoms with van der Waals surface area (Å²) in [6, 6.07) is 0. The van der Waals surface area contributed by atoms with Gasteiger partial charge >= 0.3 is 11.9 Å². The van der Waals surface area contributed by atoms with Gasteiger partial charge in [0.2, 0.25) is 0 Å². The SMILES string of the molecule is COC(=O)CC1CC1C(=O)OC(C)(C)C. The van der Waals surface area contributed by atoms with Crippen molar-refractivity contribution >= 4 is 11.9 Å². The van der Waals surface area contributed by atoms with Crippen molar-refractivity contribution in [2.45, 2.75) is 39.2 Å². The molecule has 1 aliphatic carbocycles. The van der Waals surface area contributed by atoms with Crippen molar-refractivity contribution in [3.05, 3.63) is 0 Å². The Hall–Kier alpha value is -1.06. The summed E-state index contributed by atoms with van der Waals surface area (Å²) in [5.74, 6) is -0.446. The number of ether oxygens (including phenoxy) is 2. The molecular formula is C11H18O4. The summed E-state index contributed by atoms with van der Waals surface area (Å²) in [5, 5.41) is 0. The van der Waals surface area contributed by atoms with Gasteiger partial charge in [0.1, 0.15) is 5.60 Å². The van der Waals surface area contributed by atoms with Crippen LogP contribution >= 0.6 is 0 Å². The lowest BCUT2D eigenvalue weighted by atomic mass is 10.2. The smallest absolute Gasteiger partial charge is 0.309 e. The van der Waals surface area contributed by atoms with Gasteiger partial charge in [-0.15, -0.1) is 0 Å². The summed E-state index contributed by atoms with van der Waals surface area (Å²) in [6.45, 7) is 5.51. The molecule has 0 aromatic heterocycles. The van der Waals surface area contributed by atoms with Crippen molar-refractivity contribution in [3.8, 4) is 0 Å². The van der Waals surface area contributed by atoms with Crippen LogP contribution in [0, 0.1) is 11.8 Å². The molecule has 15 heavy (non-hydrogen) atoms. The Bertz CT molecular complexity index is 264. The van der Waals surface area contributed by atoms with E-state index in [2.05, 4.69) is 4.74 Å². The average molecular weight is 214 g/mol. The minimum atomic E-state index is -0.449. The molecule has 0 radical (unpaired) electrons. The molecule has 0 saturated heterocycles. The first-order valence-corrected chi connectivity index (χ1v) is 5.13. The van der Waals surface area contributed by atoms with Gasteiger partial charge in [-0.3, -0.25) is 9.59 Å². The summed E-state index contributed by atoms with van der Waals surface area (Å²) in [4.78, 5) is 22.5. The fourth-order valence-corrected chi connectivity index (χ4v) is 1.44. The molecule has 2 unspecified atom stereocenters. The van der Waals surface area contributed by atoms with Crippen molar-refractivity contribution in [1.29, 1.82) is 0 Å². The topological polar surface area (TPSA) is 52.6 Å². The lowest BCUT2D eigenvalue weighted by Crippen LogP contribution is -2.25. The van der Waals surface area contributed by atoms with Gasteiger partial charge in [0, 0.05) is 6.42 Å². The highest BCUT2D eigenvalue weighted by atomic mass is 16.6. The van der Waals surface area contributed by atoms with Gasteiger partial charge in [0.15, 0.2) is 0 Å². The van der Waals surface area contributed by atoms with Crippen LogP contribution in [-0.2, 0) is 19.1 Å². The Balaban J connectivity index is 2.31. The van der Waals surface area contributed by atoms with Gasteiger partial charge in [-0.25, -0.2) is 0 Å². The second-order valence-electron chi connectivity index (χ2n) is 4.92. The van der Waals surface area contributed by atoms with Crippen LogP contribution in [-0.4, -0.2) is 24.6 Å². The molecule has 0 spiro atoms. The fraction of sp³-hybridized carbons (Fsp3) is 0.818. The number of hydrogen-bond acceptors (Lipinski definition) is 4. The standard InChI is InChI=1S/C11H18O4/c1-11(2,3)15-10(13)8-5-7(8)6-9(12)14-4/h7-8H,5-6H2,1-4H3. The molecule has 4 nitrogen and oxygen atoms in total. The Labute approximate surface area is 89.9 Å². The maximum absolute atomic E-state index is 11.5. The largest absolute Gasteiger partial charge is 0.469 e. The third kappa shape index (κ3) is 3.90. The molecule has 0 amide bonds. The van der Waals surface area contributed by atoms with E-state index in [4.69, 9.17) is 4.74 Å². The quantitative estimate of drug-likeness (QED) is 0.668. The molecule has 1 saturated carbocycles. The minimum absolute atomic E-state index is 0.108. The highest BCUT2D eigenvalue weighted by Crippen LogP contribution is 2.42. The minimum Gasteiger partial charge on any atom is -0.469 e. The van der Waals surface area contributed by atoms with Gasteiger partial charge in [-0.1, -0.05) is 0 Å². The second kappa shape index (κ2) is 4.21. The Morgan fingerprint density at radius 2 is 1.93 bits per heavy atom. The lowest BCUT2D eigenvalue weighted by Gasteiger charge is -2.19. The van der Waals surface area contributed by atoms with E-state index in [0.29, 0.717) is 6.42 Å². The van der Waals surface area contributed by atoms with E-state index in [1.807, 2.05) is 20.8 Å². The maximum Gasteiger partial charge on any atom is 0.309 e. The zero-order valence-electron chi connectivity index (χ0n) is 9.70. The Kier molecular flexibility index (Phi) is 3.37. The summed E-state index contributed by atoms with van der Waals surface area (Å²) >= 11 is 0. The molecule has 4 heteroatoms. The van der Waals surface area contributed by atoms with Crippen molar-refractivity contribution in [2.24, 2.45) is 11.8 Å². The van der Waals surface area contributed by atoms with Crippen molar-refractivity contribution in [3.63, 3.8) is 0 Å². The number of rotatable bonds is 3. The molecule has 0 aromatic carbocycles. The van der Waals surface area contributed by atoms with Crippen LogP contribution in [0.4, 0.5) is 0 Å². The average Bonchev–Trinajstić information content (AvgIpc) is 2.80. The third-order valence-electron chi connectivity index (χ3n) is 2.29. The first-order chi connectivity index (χ1) is 6.83. The molecule has 86 valence electrons. The molecule has 2 atom stereocenters. The van der Waals surface area contributed by atoms with Crippen LogP contribution in [0.3, 0.4) is 0 Å². The number of carbonyl (C=O) groups excluding carboxylic acids is 2. The van der Waals surface area contributed by atoms with Crippen molar-refractivity contribution < 1.29 is 19.1 Å². The highest BCUT2D eigenvalue weighted by Gasteiger charge is 2.46. The molecule has 0 aromatic rings. The number of methoxy groups -OCH3 is 1. The summed E-state index contributed by atoms with van der Waals surface area (Å²) in [5.41, 5.74) is -0.449. The zero-order valence-corrected chi connectivity index (χ0v) is 9.70. The van der Waals surface area contributed by atoms with Gasteiger partial charge in [0.25, 0.3) is 0 Å². The highest BCUT2D eigenvalue weighted by molar-refractivity contribution is 5.78. The fourth-order valence-electron chi connectivity index (χ4n) is 1.44. The van der Waals surface area contributed by atoms with Crippen LogP contribution in [0.2, 0.25) is 0 Å². The van der Waals surface area contributed by atoms with E-state index in [1.54, 1.807) is 0 Å². The van der Waals surface area contributed by atoms with Gasteiger partial charge < -0.3 is 9.47 Å². The van der Waals surface area contributed by atoms with E-state index < -0.39 is 5.60 Å². The number of carbonyl (C=O) groups is 2. The summed E-state index contributed by atoms with van der Waals surface area (Å²) in [6.07, 6.45) is 1.06. The van der Waals surface area contributed by atoms with Crippen LogP contribution in [0.5, 0.6) is 0 Å². The predicted molar refractivity (Wildman–Crippen MR) is 54.1 cm³/mol. The predicted octanol–water partition coefficient (Wildman–Crippen LogP) is 1.53. The van der Waals surface area contributed by atoms with E-state index in [9.17, 15) is 9.59 Å². The molecule has 1 rings (SSSR count). The normalized spacial score (nSPS) is 24.5. The van der Waals surface area contributed by atoms with Crippen LogP contribution in [0.25, 0.3) is 0 Å². The van der Waals surface area contributed by atoms with Crippen LogP contribution < -0.4 is 0 Å². The van der Waals surface area contributed by atoms with Crippen LogP contribution in [0.1, 0.15) is 33.6 Å². The molecule has 0 aliphatic heterocycles. The van der Waals surface area contributed by atoms with E-state index >= 15 is 0 Å². The van der Waals surface area contributed by atoms with E-state index in [1.165, 1.54) is 7.11 Å². The van der Waals surface area contributed by atoms with Gasteiger partial charge in [-0.2, -0.15) is 0 Å². The monoisotopic (exact) mass is 214 g/mol. The van der Waals surface area contributed by atoms with E-state index in [0.717, 1.165) is 6.42 Å². The van der Waals surface area contributed by atoms with Gasteiger partial charge in [-0.05, 0) is 33.1 Å². The number of hydrogen-bond donors (Lipinski definition) is 0. The molecule has 0 bridgehead atoms. The van der Waals surface area contributed by atoms with Crippen molar-refractivity contribution in [2.75, 3.05) is 7.11 Å². The van der Waals surface area contributed by atoms with Gasteiger partial charge in [0.05, 0.1) is 13.0 Å². The van der Waals surface area contributed by atoms with Crippen molar-refractivity contribution in [1.82, 2.24) is 0 Å². The van der Waals surface area contributed by atoms with Crippen LogP contribution in [0.15, 0.2) is 0 Å². The zero-order chi connectivity index (χ0) is 11.6. The molecule has 0 heterocycles. The lowest BCUT2D eigenvalue weighted by molar-refractivity contribution is -0.156. The third-order valence-corrected chi connectivity index (χ3v) is 2.29. The summed E-state index contributed by atoms with van der Waals surface area (Å²) < 4.78 is 9.75. The Morgan fingerprint density at radius 1 is 1.33 bits per heavy atom. The maximum atomic E-state index is 11.5. The molecule has 1 fully saturated rings. The Morgan fingerprint density at radius 3 is 2.40 bits per heavy atom. The second-order valence-corrected chi connectivity index (χ2v) is 4.92. The summed E-state index contributed by atoms with van der Waals surface area (Å²) in [7, 11) is 1.35. The first kappa shape index (κ1) is 12.0. The van der Waals surface area contributed by atoms with E-state index in [-0.39, 0.29) is 23.8 Å². The molecule has 0 N–H and O–H groups in total. The number of esters is 2.